The van der Waals surface area contributed by atoms with Gasteiger partial charge in [-0.25, -0.2) is 0 Å². The first kappa shape index (κ1) is 9.55. The van der Waals surface area contributed by atoms with Crippen LogP contribution < -0.4 is 5.32 Å². The van der Waals surface area contributed by atoms with Crippen molar-refractivity contribution in [3.8, 4) is 0 Å². The van der Waals surface area contributed by atoms with Crippen LogP contribution in [0.4, 0.5) is 5.69 Å². The number of carbonyl (C=O) groups excluding carboxylic acids is 1. The van der Waals surface area contributed by atoms with Gasteiger partial charge < -0.3 is 5.32 Å². The molecular weight excluding hydrogens is 241 g/mol. The second-order valence-corrected chi connectivity index (χ2v) is 3.60. The molecule has 0 bridgehead atoms. The molecule has 1 N–H and O–H groups in total. The van der Waals surface area contributed by atoms with Gasteiger partial charge in [-0.1, -0.05) is 11.6 Å². The third-order valence-electron chi connectivity index (χ3n) is 1.46. The van der Waals surface area contributed by atoms with Crippen molar-refractivity contribution in [2.75, 3.05) is 5.32 Å². The molecule has 0 fully saturated rings. The van der Waals surface area contributed by atoms with E-state index in [-0.39, 0.29) is 0 Å². The van der Waals surface area contributed by atoms with Gasteiger partial charge in [0.25, 0.3) is 0 Å². The van der Waals surface area contributed by atoms with E-state index in [1.165, 1.54) is 0 Å². The molecule has 1 amide bonds. The molecule has 1 aromatic carbocycles. The normalized spacial score (nSPS) is 9.58. The molecular formula is C8H7BrClNO. The number of hydrogen-bond donors (Lipinski definition) is 1. The molecule has 0 aliphatic rings. The third kappa shape index (κ3) is 1.99. The van der Waals surface area contributed by atoms with E-state index < -0.39 is 0 Å². The molecule has 0 aromatic heterocycles. The van der Waals surface area contributed by atoms with E-state index in [1.807, 2.05) is 13.0 Å². The highest BCUT2D eigenvalue weighted by Gasteiger charge is 2.02. The molecule has 0 unspecified atom stereocenters. The van der Waals surface area contributed by atoms with Crippen LogP contribution in [-0.4, -0.2) is 6.41 Å². The number of carbonyl (C=O) groups is 1. The molecule has 4 heteroatoms. The Morgan fingerprint density at radius 2 is 2.25 bits per heavy atom. The Bertz CT molecular complexity index is 314. The Hall–Kier alpha value is -0.540. The zero-order chi connectivity index (χ0) is 9.14. The lowest BCUT2D eigenvalue weighted by molar-refractivity contribution is -0.105. The molecule has 0 atom stereocenters. The molecule has 0 saturated carbocycles. The van der Waals surface area contributed by atoms with Gasteiger partial charge in [0, 0.05) is 9.50 Å². The van der Waals surface area contributed by atoms with Crippen LogP contribution in [0.1, 0.15) is 5.56 Å². The van der Waals surface area contributed by atoms with Gasteiger partial charge in [-0.2, -0.15) is 0 Å². The van der Waals surface area contributed by atoms with Crippen molar-refractivity contribution in [1.29, 1.82) is 0 Å². The predicted molar refractivity (Wildman–Crippen MR) is 53.6 cm³/mol. The summed E-state index contributed by atoms with van der Waals surface area (Å²) in [6.45, 7) is 1.90. The average Bonchev–Trinajstić information content (AvgIpc) is 2.01. The van der Waals surface area contributed by atoms with E-state index in [1.54, 1.807) is 6.07 Å². The van der Waals surface area contributed by atoms with E-state index in [2.05, 4.69) is 21.2 Å². The monoisotopic (exact) mass is 247 g/mol. The minimum Gasteiger partial charge on any atom is -0.328 e. The van der Waals surface area contributed by atoms with E-state index in [0.717, 1.165) is 10.0 Å². The molecule has 0 radical (unpaired) electrons. The van der Waals surface area contributed by atoms with Gasteiger partial charge >= 0.3 is 0 Å². The van der Waals surface area contributed by atoms with Gasteiger partial charge in [0.05, 0.1) is 5.69 Å². The largest absolute Gasteiger partial charge is 0.328 e. The van der Waals surface area contributed by atoms with Crippen molar-refractivity contribution in [2.24, 2.45) is 0 Å². The summed E-state index contributed by atoms with van der Waals surface area (Å²) >= 11 is 9.15. The summed E-state index contributed by atoms with van der Waals surface area (Å²) in [6.07, 6.45) is 0.617. The summed E-state index contributed by atoms with van der Waals surface area (Å²) in [7, 11) is 0. The van der Waals surface area contributed by atoms with Gasteiger partial charge in [0.1, 0.15) is 0 Å². The van der Waals surface area contributed by atoms with Crippen molar-refractivity contribution >= 4 is 39.6 Å². The number of halogens is 2. The molecule has 1 rings (SSSR count). The van der Waals surface area contributed by atoms with Crippen molar-refractivity contribution in [3.05, 3.63) is 27.2 Å². The van der Waals surface area contributed by atoms with E-state index in [0.29, 0.717) is 17.1 Å². The lowest BCUT2D eigenvalue weighted by Crippen LogP contribution is -1.95. The van der Waals surface area contributed by atoms with Crippen LogP contribution in [0.15, 0.2) is 16.6 Å². The lowest BCUT2D eigenvalue weighted by atomic mass is 10.2. The van der Waals surface area contributed by atoms with Crippen LogP contribution >= 0.6 is 27.5 Å². The number of aryl methyl sites for hydroxylation is 1. The first-order valence-corrected chi connectivity index (χ1v) is 4.48. The third-order valence-corrected chi connectivity index (χ3v) is 2.53. The summed E-state index contributed by atoms with van der Waals surface area (Å²) in [4.78, 5) is 10.1. The molecule has 0 spiro atoms. The summed E-state index contributed by atoms with van der Waals surface area (Å²) < 4.78 is 0.830. The molecule has 12 heavy (non-hydrogen) atoms. The summed E-state index contributed by atoms with van der Waals surface area (Å²) in [6, 6.07) is 3.56. The second-order valence-electron chi connectivity index (χ2n) is 2.34. The standard InChI is InChI=1S/C8H7BrClNO/c1-5-2-6(9)8(11-4-12)3-7(5)10/h2-4H,1H3,(H,11,12). The van der Waals surface area contributed by atoms with E-state index in [9.17, 15) is 4.79 Å². The van der Waals surface area contributed by atoms with E-state index >= 15 is 0 Å². The highest BCUT2D eigenvalue weighted by Crippen LogP contribution is 2.28. The van der Waals surface area contributed by atoms with Crippen molar-refractivity contribution in [1.82, 2.24) is 0 Å². The maximum atomic E-state index is 10.1. The average molecular weight is 249 g/mol. The molecule has 2 nitrogen and oxygen atoms in total. The highest BCUT2D eigenvalue weighted by atomic mass is 79.9. The smallest absolute Gasteiger partial charge is 0.211 e. The van der Waals surface area contributed by atoms with Crippen molar-refractivity contribution in [3.63, 3.8) is 0 Å². The zero-order valence-corrected chi connectivity index (χ0v) is 8.74. The fraction of sp³-hybridized carbons (Fsp3) is 0.125. The quantitative estimate of drug-likeness (QED) is 0.801. The maximum Gasteiger partial charge on any atom is 0.211 e. The molecule has 1 aromatic rings. The topological polar surface area (TPSA) is 29.1 Å². The number of hydrogen-bond acceptors (Lipinski definition) is 1. The fourth-order valence-corrected chi connectivity index (χ4v) is 1.56. The van der Waals surface area contributed by atoms with Crippen LogP contribution in [0.2, 0.25) is 5.02 Å². The van der Waals surface area contributed by atoms with Gasteiger partial charge in [-0.15, -0.1) is 0 Å². The minimum atomic E-state index is 0.617. The number of benzene rings is 1. The first-order chi connectivity index (χ1) is 5.65. The summed E-state index contributed by atoms with van der Waals surface area (Å²) in [5.74, 6) is 0. The van der Waals surface area contributed by atoms with Crippen LogP contribution in [0.25, 0.3) is 0 Å². The van der Waals surface area contributed by atoms with Gasteiger partial charge in [-0.3, -0.25) is 4.79 Å². The Kier molecular flexibility index (Phi) is 3.12. The first-order valence-electron chi connectivity index (χ1n) is 3.31. The summed E-state index contributed by atoms with van der Waals surface area (Å²) in [5.41, 5.74) is 1.65. The Morgan fingerprint density at radius 1 is 1.58 bits per heavy atom. The highest BCUT2D eigenvalue weighted by molar-refractivity contribution is 9.10. The van der Waals surface area contributed by atoms with Crippen molar-refractivity contribution < 1.29 is 4.79 Å². The molecule has 0 aliphatic heterocycles. The van der Waals surface area contributed by atoms with Gasteiger partial charge in [-0.05, 0) is 40.5 Å². The Labute approximate surface area is 84.0 Å². The number of rotatable bonds is 2. The second kappa shape index (κ2) is 3.92. The maximum absolute atomic E-state index is 10.1. The molecule has 0 heterocycles. The van der Waals surface area contributed by atoms with Gasteiger partial charge in [0.15, 0.2) is 0 Å². The SMILES string of the molecule is Cc1cc(Br)c(NC=O)cc1Cl. The molecule has 0 saturated heterocycles. The fourth-order valence-electron chi connectivity index (χ4n) is 0.820. The predicted octanol–water partition coefficient (Wildman–Crippen LogP) is 2.98. The Morgan fingerprint density at radius 3 is 2.83 bits per heavy atom. The Balaban J connectivity index is 3.13. The van der Waals surface area contributed by atoms with Gasteiger partial charge in [0.2, 0.25) is 6.41 Å². The van der Waals surface area contributed by atoms with E-state index in [4.69, 9.17) is 11.6 Å². The van der Waals surface area contributed by atoms with Crippen LogP contribution in [0, 0.1) is 6.92 Å². The van der Waals surface area contributed by atoms with Crippen LogP contribution in [0.3, 0.4) is 0 Å². The number of amides is 1. The lowest BCUT2D eigenvalue weighted by Gasteiger charge is -2.04. The zero-order valence-electron chi connectivity index (χ0n) is 6.40. The van der Waals surface area contributed by atoms with Crippen LogP contribution in [-0.2, 0) is 4.79 Å². The summed E-state index contributed by atoms with van der Waals surface area (Å²) in [5, 5.41) is 3.17. The number of nitrogens with one attached hydrogen (secondary N) is 1. The molecule has 0 aliphatic carbocycles. The minimum absolute atomic E-state index is 0.617. The van der Waals surface area contributed by atoms with Crippen LogP contribution in [0.5, 0.6) is 0 Å². The molecule has 64 valence electrons. The van der Waals surface area contributed by atoms with Crippen molar-refractivity contribution in [2.45, 2.75) is 6.92 Å². The number of anilines is 1.